The molecule has 0 aliphatic heterocycles. The molecule has 1 nitrogen and oxygen atoms in total. The number of unbranched alkanes of at least 4 members (excludes halogenated alkanes) is 1. The highest BCUT2D eigenvalue weighted by Gasteiger charge is 1.74. The third-order valence-electron chi connectivity index (χ3n) is 0.980. The molecule has 1 radical (unpaired) electrons. The molecule has 0 bridgehead atoms. The van der Waals surface area contributed by atoms with Crippen LogP contribution in [-0.2, 0) is 4.74 Å². The van der Waals surface area contributed by atoms with Gasteiger partial charge in [0.15, 0.2) is 0 Å². The molecule has 1 heteroatoms. The number of allylic oxidation sites excluding steroid dienone is 1. The van der Waals surface area contributed by atoms with Crippen molar-refractivity contribution in [2.45, 2.75) is 19.8 Å². The van der Waals surface area contributed by atoms with E-state index in [-0.39, 0.29) is 0 Å². The molecule has 0 saturated heterocycles. The topological polar surface area (TPSA) is 9.23 Å². The van der Waals surface area contributed by atoms with Crippen molar-refractivity contribution >= 4 is 0 Å². The summed E-state index contributed by atoms with van der Waals surface area (Å²) in [5.74, 6) is 0. The maximum absolute atomic E-state index is 4.98. The monoisotopic (exact) mass is 127 g/mol. The molecule has 0 spiro atoms. The van der Waals surface area contributed by atoms with E-state index in [1.54, 1.807) is 0 Å². The maximum atomic E-state index is 4.98. The van der Waals surface area contributed by atoms with E-state index in [0.29, 0.717) is 13.2 Å². The molecule has 0 fully saturated rings. The summed E-state index contributed by atoms with van der Waals surface area (Å²) in [6, 6.07) is 0. The lowest BCUT2D eigenvalue weighted by atomic mass is 10.3. The van der Waals surface area contributed by atoms with E-state index in [9.17, 15) is 0 Å². The molecule has 0 aromatic rings. The Morgan fingerprint density at radius 2 is 2.22 bits per heavy atom. The highest BCUT2D eigenvalue weighted by atomic mass is 16.5. The van der Waals surface area contributed by atoms with Gasteiger partial charge in [-0.1, -0.05) is 25.5 Å². The molecular formula is C8H15O. The van der Waals surface area contributed by atoms with Crippen molar-refractivity contribution in [3.05, 3.63) is 19.1 Å². The quantitative estimate of drug-likeness (QED) is 0.406. The fourth-order valence-corrected chi connectivity index (χ4v) is 0.504. The van der Waals surface area contributed by atoms with Gasteiger partial charge in [-0.05, 0) is 13.3 Å². The van der Waals surface area contributed by atoms with Crippen LogP contribution in [0.3, 0.4) is 0 Å². The first-order valence-electron chi connectivity index (χ1n) is 3.43. The van der Waals surface area contributed by atoms with Crippen molar-refractivity contribution in [2.24, 2.45) is 0 Å². The lowest BCUT2D eigenvalue weighted by molar-refractivity contribution is 0.192. The van der Waals surface area contributed by atoms with Crippen LogP contribution in [0.4, 0.5) is 0 Å². The molecule has 0 amide bonds. The Morgan fingerprint density at radius 1 is 1.44 bits per heavy atom. The normalized spacial score (nSPS) is 10.9. The van der Waals surface area contributed by atoms with Crippen LogP contribution in [-0.4, -0.2) is 13.2 Å². The lowest BCUT2D eigenvalue weighted by Crippen LogP contribution is -1.87. The van der Waals surface area contributed by atoms with Gasteiger partial charge in [-0.25, -0.2) is 0 Å². The van der Waals surface area contributed by atoms with Crippen molar-refractivity contribution in [3.63, 3.8) is 0 Å². The maximum Gasteiger partial charge on any atom is 0.0647 e. The van der Waals surface area contributed by atoms with Crippen molar-refractivity contribution in [2.75, 3.05) is 13.2 Å². The van der Waals surface area contributed by atoms with Crippen LogP contribution in [0.2, 0.25) is 0 Å². The van der Waals surface area contributed by atoms with E-state index < -0.39 is 0 Å². The van der Waals surface area contributed by atoms with Crippen LogP contribution in [0.1, 0.15) is 19.8 Å². The van der Waals surface area contributed by atoms with Gasteiger partial charge >= 0.3 is 0 Å². The second kappa shape index (κ2) is 7.70. The average molecular weight is 127 g/mol. The van der Waals surface area contributed by atoms with E-state index in [4.69, 9.17) is 4.74 Å². The molecule has 53 valence electrons. The summed E-state index contributed by atoms with van der Waals surface area (Å²) < 4.78 is 4.98. The Hall–Kier alpha value is -0.300. The minimum absolute atomic E-state index is 0.566. The van der Waals surface area contributed by atoms with Gasteiger partial charge in [0.2, 0.25) is 0 Å². The van der Waals surface area contributed by atoms with Gasteiger partial charge in [0.1, 0.15) is 0 Å². The van der Waals surface area contributed by atoms with E-state index in [0.717, 1.165) is 6.42 Å². The summed E-state index contributed by atoms with van der Waals surface area (Å²) in [6.07, 6.45) is 6.53. The Bertz CT molecular complexity index is 67.0. The average Bonchev–Trinajstić information content (AvgIpc) is 1.89. The van der Waals surface area contributed by atoms with Crippen molar-refractivity contribution in [3.8, 4) is 0 Å². The van der Waals surface area contributed by atoms with Crippen molar-refractivity contribution in [1.82, 2.24) is 0 Å². The molecule has 0 rings (SSSR count). The molecule has 0 saturated carbocycles. The molecule has 9 heavy (non-hydrogen) atoms. The zero-order valence-corrected chi connectivity index (χ0v) is 6.10. The van der Waals surface area contributed by atoms with E-state index in [2.05, 4.69) is 19.9 Å². The largest absolute Gasteiger partial charge is 0.377 e. The number of ether oxygens (including phenoxy) is 1. The smallest absolute Gasteiger partial charge is 0.0647 e. The fraction of sp³-hybridized carbons (Fsp3) is 0.625. The molecule has 0 N–H and O–H groups in total. The second-order valence-corrected chi connectivity index (χ2v) is 1.83. The van der Waals surface area contributed by atoms with Crippen LogP contribution in [0.15, 0.2) is 12.2 Å². The molecule has 0 unspecified atom stereocenters. The predicted octanol–water partition coefficient (Wildman–Crippen LogP) is 2.19. The van der Waals surface area contributed by atoms with Gasteiger partial charge in [0.05, 0.1) is 6.61 Å². The van der Waals surface area contributed by atoms with Crippen LogP contribution in [0.5, 0.6) is 0 Å². The number of hydrogen-bond acceptors (Lipinski definition) is 1. The van der Waals surface area contributed by atoms with Crippen molar-refractivity contribution < 1.29 is 4.74 Å². The summed E-state index contributed by atoms with van der Waals surface area (Å²) in [6.45, 7) is 6.98. The fourth-order valence-electron chi connectivity index (χ4n) is 0.504. The van der Waals surface area contributed by atoms with Crippen LogP contribution >= 0.6 is 0 Å². The Morgan fingerprint density at radius 3 is 2.78 bits per heavy atom. The van der Waals surface area contributed by atoms with Gasteiger partial charge in [0.25, 0.3) is 0 Å². The Labute approximate surface area is 57.7 Å². The molecule has 0 heterocycles. The first-order chi connectivity index (χ1) is 4.41. The lowest BCUT2D eigenvalue weighted by Gasteiger charge is -1.91. The second-order valence-electron chi connectivity index (χ2n) is 1.83. The van der Waals surface area contributed by atoms with Gasteiger partial charge in [-0.15, -0.1) is 0 Å². The zero-order valence-electron chi connectivity index (χ0n) is 6.10. The van der Waals surface area contributed by atoms with Gasteiger partial charge in [-0.2, -0.15) is 0 Å². The van der Waals surface area contributed by atoms with E-state index in [1.807, 2.05) is 6.08 Å². The molecule has 0 atom stereocenters. The van der Waals surface area contributed by atoms with Crippen LogP contribution in [0, 0.1) is 6.92 Å². The first kappa shape index (κ1) is 8.70. The van der Waals surface area contributed by atoms with Crippen LogP contribution < -0.4 is 0 Å². The Kier molecular flexibility index (Phi) is 7.44. The molecule has 0 aliphatic rings. The third-order valence-corrected chi connectivity index (χ3v) is 0.980. The standard InChI is InChI=1S/C8H15O/c1-3-5-6-7-8-9-4-2/h6-7H,2-5,8H2,1H3. The zero-order chi connectivity index (χ0) is 6.95. The Balaban J connectivity index is 2.86. The van der Waals surface area contributed by atoms with Crippen molar-refractivity contribution in [1.29, 1.82) is 0 Å². The molecule has 0 aromatic heterocycles. The summed E-state index contributed by atoms with van der Waals surface area (Å²) in [5, 5.41) is 0. The predicted molar refractivity (Wildman–Crippen MR) is 40.2 cm³/mol. The third kappa shape index (κ3) is 7.70. The van der Waals surface area contributed by atoms with Gasteiger partial charge in [0, 0.05) is 6.61 Å². The minimum atomic E-state index is 0.566. The summed E-state index contributed by atoms with van der Waals surface area (Å²) in [4.78, 5) is 0. The summed E-state index contributed by atoms with van der Waals surface area (Å²) >= 11 is 0. The summed E-state index contributed by atoms with van der Waals surface area (Å²) in [7, 11) is 0. The molecular weight excluding hydrogens is 112 g/mol. The minimum Gasteiger partial charge on any atom is -0.377 e. The number of hydrogen-bond donors (Lipinski definition) is 0. The van der Waals surface area contributed by atoms with E-state index >= 15 is 0 Å². The molecule has 0 aliphatic carbocycles. The first-order valence-corrected chi connectivity index (χ1v) is 3.43. The highest BCUT2D eigenvalue weighted by molar-refractivity contribution is 4.80. The van der Waals surface area contributed by atoms with E-state index in [1.165, 1.54) is 6.42 Å². The van der Waals surface area contributed by atoms with Gasteiger partial charge < -0.3 is 4.74 Å². The highest BCUT2D eigenvalue weighted by Crippen LogP contribution is 1.87. The summed E-state index contributed by atoms with van der Waals surface area (Å²) in [5.41, 5.74) is 0. The molecule has 0 aromatic carbocycles. The van der Waals surface area contributed by atoms with Crippen LogP contribution in [0.25, 0.3) is 0 Å². The van der Waals surface area contributed by atoms with Gasteiger partial charge in [-0.3, -0.25) is 0 Å². The number of rotatable bonds is 5. The SMILES string of the molecule is [CH2]COCC=CCCC.